The standard InChI is InChI=1S/C8H16O3/c1-3-4-5-7(9)6(2)8(10)11/h6-7,9H,3-5H2,1-2H3,(H,10,11)/t6-,7+/m1/s1. The zero-order chi connectivity index (χ0) is 8.85. The minimum Gasteiger partial charge on any atom is -0.481 e. The Morgan fingerprint density at radius 1 is 1.55 bits per heavy atom. The number of aliphatic hydroxyl groups excluding tert-OH is 1. The Morgan fingerprint density at radius 3 is 2.45 bits per heavy atom. The van der Waals surface area contributed by atoms with Gasteiger partial charge in [-0.05, 0) is 13.3 Å². The second kappa shape index (κ2) is 5.13. The molecular weight excluding hydrogens is 144 g/mol. The highest BCUT2D eigenvalue weighted by atomic mass is 16.4. The molecule has 2 atom stereocenters. The van der Waals surface area contributed by atoms with Crippen molar-refractivity contribution in [2.24, 2.45) is 5.92 Å². The fourth-order valence-corrected chi connectivity index (χ4v) is 0.828. The number of carbonyl (C=O) groups is 1. The predicted molar refractivity (Wildman–Crippen MR) is 42.3 cm³/mol. The van der Waals surface area contributed by atoms with Crippen molar-refractivity contribution in [2.75, 3.05) is 0 Å². The molecule has 0 saturated heterocycles. The average molecular weight is 160 g/mol. The lowest BCUT2D eigenvalue weighted by Crippen LogP contribution is -2.25. The minimum atomic E-state index is -0.923. The van der Waals surface area contributed by atoms with E-state index in [9.17, 15) is 9.90 Å². The molecule has 0 radical (unpaired) electrons. The number of aliphatic hydroxyl groups is 1. The van der Waals surface area contributed by atoms with Gasteiger partial charge >= 0.3 is 5.97 Å². The molecule has 0 bridgehead atoms. The van der Waals surface area contributed by atoms with Crippen LogP contribution in [0.3, 0.4) is 0 Å². The Kier molecular flexibility index (Phi) is 4.86. The minimum absolute atomic E-state index is 0.587. The lowest BCUT2D eigenvalue weighted by atomic mass is 10.0. The molecule has 0 heterocycles. The largest absolute Gasteiger partial charge is 0.481 e. The number of rotatable bonds is 5. The van der Waals surface area contributed by atoms with E-state index in [-0.39, 0.29) is 0 Å². The molecule has 0 saturated carbocycles. The number of carboxylic acids is 1. The zero-order valence-electron chi connectivity index (χ0n) is 7.08. The van der Waals surface area contributed by atoms with Crippen molar-refractivity contribution in [3.8, 4) is 0 Å². The van der Waals surface area contributed by atoms with E-state index in [1.807, 2.05) is 6.92 Å². The van der Waals surface area contributed by atoms with Crippen LogP contribution in [0.2, 0.25) is 0 Å². The van der Waals surface area contributed by atoms with Gasteiger partial charge < -0.3 is 10.2 Å². The molecule has 0 rings (SSSR count). The van der Waals surface area contributed by atoms with E-state index in [1.165, 1.54) is 6.92 Å². The molecule has 0 amide bonds. The molecule has 0 aromatic carbocycles. The van der Waals surface area contributed by atoms with E-state index < -0.39 is 18.0 Å². The van der Waals surface area contributed by atoms with Gasteiger partial charge in [-0.25, -0.2) is 0 Å². The quantitative estimate of drug-likeness (QED) is 0.636. The maximum atomic E-state index is 10.3. The maximum Gasteiger partial charge on any atom is 0.308 e. The summed E-state index contributed by atoms with van der Waals surface area (Å²) < 4.78 is 0. The number of hydrogen-bond donors (Lipinski definition) is 2. The van der Waals surface area contributed by atoms with Gasteiger partial charge in [-0.15, -0.1) is 0 Å². The van der Waals surface area contributed by atoms with E-state index in [2.05, 4.69) is 0 Å². The number of hydrogen-bond acceptors (Lipinski definition) is 2. The molecular formula is C8H16O3. The van der Waals surface area contributed by atoms with Crippen molar-refractivity contribution in [3.63, 3.8) is 0 Å². The van der Waals surface area contributed by atoms with E-state index in [1.54, 1.807) is 0 Å². The van der Waals surface area contributed by atoms with Crippen molar-refractivity contribution in [2.45, 2.75) is 39.2 Å². The third-order valence-corrected chi connectivity index (χ3v) is 1.82. The molecule has 11 heavy (non-hydrogen) atoms. The molecule has 0 spiro atoms. The topological polar surface area (TPSA) is 57.5 Å². The van der Waals surface area contributed by atoms with E-state index in [4.69, 9.17) is 5.11 Å². The van der Waals surface area contributed by atoms with Crippen LogP contribution in [0, 0.1) is 5.92 Å². The van der Waals surface area contributed by atoms with Crippen LogP contribution < -0.4 is 0 Å². The summed E-state index contributed by atoms with van der Waals surface area (Å²) in [5, 5.41) is 17.7. The molecule has 0 fully saturated rings. The van der Waals surface area contributed by atoms with Gasteiger partial charge in [0.1, 0.15) is 0 Å². The van der Waals surface area contributed by atoms with Crippen LogP contribution in [0.4, 0.5) is 0 Å². The molecule has 66 valence electrons. The Bertz CT molecular complexity index is 123. The van der Waals surface area contributed by atoms with Gasteiger partial charge in [0.25, 0.3) is 0 Å². The highest BCUT2D eigenvalue weighted by Gasteiger charge is 2.19. The highest BCUT2D eigenvalue weighted by molar-refractivity contribution is 5.70. The summed E-state index contributed by atoms with van der Waals surface area (Å²) in [7, 11) is 0. The van der Waals surface area contributed by atoms with Crippen molar-refractivity contribution in [1.82, 2.24) is 0 Å². The van der Waals surface area contributed by atoms with Crippen LogP contribution in [0.25, 0.3) is 0 Å². The SMILES string of the molecule is CCCC[C@H](O)[C@@H](C)C(=O)O. The Morgan fingerprint density at radius 2 is 2.09 bits per heavy atom. The first-order valence-electron chi connectivity index (χ1n) is 4.00. The van der Waals surface area contributed by atoms with Crippen LogP contribution in [0.1, 0.15) is 33.1 Å². The second-order valence-corrected chi connectivity index (χ2v) is 2.84. The molecule has 0 aliphatic carbocycles. The van der Waals surface area contributed by atoms with E-state index in [0.29, 0.717) is 6.42 Å². The summed E-state index contributed by atoms with van der Waals surface area (Å²) in [4.78, 5) is 10.3. The van der Waals surface area contributed by atoms with Crippen molar-refractivity contribution >= 4 is 5.97 Å². The summed E-state index contributed by atoms with van der Waals surface area (Å²) in [6.07, 6.45) is 1.78. The Balaban J connectivity index is 3.63. The van der Waals surface area contributed by atoms with Crippen LogP contribution >= 0.6 is 0 Å². The van der Waals surface area contributed by atoms with Crippen LogP contribution in [-0.4, -0.2) is 22.3 Å². The van der Waals surface area contributed by atoms with Crippen molar-refractivity contribution < 1.29 is 15.0 Å². The fourth-order valence-electron chi connectivity index (χ4n) is 0.828. The van der Waals surface area contributed by atoms with E-state index in [0.717, 1.165) is 12.8 Å². The first-order chi connectivity index (χ1) is 5.09. The molecule has 3 heteroatoms. The molecule has 3 nitrogen and oxygen atoms in total. The summed E-state index contributed by atoms with van der Waals surface area (Å²) in [6, 6.07) is 0. The van der Waals surface area contributed by atoms with Crippen LogP contribution in [0.15, 0.2) is 0 Å². The first kappa shape index (κ1) is 10.4. The summed E-state index contributed by atoms with van der Waals surface area (Å²) in [5.74, 6) is -1.56. The molecule has 0 aromatic rings. The summed E-state index contributed by atoms with van der Waals surface area (Å²) in [6.45, 7) is 3.54. The highest BCUT2D eigenvalue weighted by Crippen LogP contribution is 2.10. The van der Waals surface area contributed by atoms with Gasteiger partial charge in [-0.3, -0.25) is 4.79 Å². The summed E-state index contributed by atoms with van der Waals surface area (Å²) >= 11 is 0. The van der Waals surface area contributed by atoms with Gasteiger partial charge in [-0.1, -0.05) is 19.8 Å². The zero-order valence-corrected chi connectivity index (χ0v) is 7.08. The first-order valence-corrected chi connectivity index (χ1v) is 4.00. The van der Waals surface area contributed by atoms with Crippen molar-refractivity contribution in [3.05, 3.63) is 0 Å². The number of carboxylic acid groups (broad SMARTS) is 1. The summed E-state index contributed by atoms with van der Waals surface area (Å²) in [5.41, 5.74) is 0. The smallest absolute Gasteiger partial charge is 0.308 e. The Labute approximate surface area is 67.0 Å². The maximum absolute atomic E-state index is 10.3. The van der Waals surface area contributed by atoms with Gasteiger partial charge in [-0.2, -0.15) is 0 Å². The molecule has 0 aromatic heterocycles. The van der Waals surface area contributed by atoms with Gasteiger partial charge in [0.15, 0.2) is 0 Å². The number of aliphatic carboxylic acids is 1. The van der Waals surface area contributed by atoms with Gasteiger partial charge in [0.05, 0.1) is 12.0 Å². The van der Waals surface area contributed by atoms with Crippen LogP contribution in [-0.2, 0) is 4.79 Å². The third kappa shape index (κ3) is 3.98. The predicted octanol–water partition coefficient (Wildman–Crippen LogP) is 1.26. The van der Waals surface area contributed by atoms with Gasteiger partial charge in [0, 0.05) is 0 Å². The molecule has 0 aliphatic rings. The molecule has 0 unspecified atom stereocenters. The van der Waals surface area contributed by atoms with Crippen LogP contribution in [0.5, 0.6) is 0 Å². The van der Waals surface area contributed by atoms with Gasteiger partial charge in [0.2, 0.25) is 0 Å². The average Bonchev–Trinajstić information content (AvgIpc) is 1.98. The molecule has 0 aliphatic heterocycles. The Hall–Kier alpha value is -0.570. The third-order valence-electron chi connectivity index (χ3n) is 1.82. The fraction of sp³-hybridized carbons (Fsp3) is 0.875. The lowest BCUT2D eigenvalue weighted by Gasteiger charge is -2.13. The monoisotopic (exact) mass is 160 g/mol. The van der Waals surface area contributed by atoms with Crippen molar-refractivity contribution in [1.29, 1.82) is 0 Å². The second-order valence-electron chi connectivity index (χ2n) is 2.84. The normalized spacial score (nSPS) is 15.9. The van der Waals surface area contributed by atoms with E-state index >= 15 is 0 Å². The number of unbranched alkanes of at least 4 members (excludes halogenated alkanes) is 1. The molecule has 2 N–H and O–H groups in total. The lowest BCUT2D eigenvalue weighted by molar-refractivity contribution is -0.144.